The lowest BCUT2D eigenvalue weighted by molar-refractivity contribution is -0.141. The van der Waals surface area contributed by atoms with E-state index in [9.17, 15) is 4.79 Å². The fourth-order valence-corrected chi connectivity index (χ4v) is 6.70. The largest absolute Gasteiger partial charge is 0.351 e. The van der Waals surface area contributed by atoms with E-state index < -0.39 is 0 Å². The number of benzene rings is 1. The molecule has 2 saturated heterocycles. The number of piperazine rings is 1. The van der Waals surface area contributed by atoms with Gasteiger partial charge >= 0.3 is 0 Å². The Morgan fingerprint density at radius 3 is 2.17 bits per heavy atom. The van der Waals surface area contributed by atoms with Crippen molar-refractivity contribution in [2.75, 3.05) is 52.9 Å². The minimum Gasteiger partial charge on any atom is -0.351 e. The highest BCUT2D eigenvalue weighted by Crippen LogP contribution is 2.46. The molecule has 1 N–H and O–H groups in total. The molecule has 3 aliphatic rings. The van der Waals surface area contributed by atoms with Gasteiger partial charge in [0.2, 0.25) is 5.91 Å². The SMILES string of the molecule is CN1CCN(C(CN2CCC(C(=O)NC(C)(C)C)(C3CCCCC3)CC2)c2ccc(Cl)cc2)CC1. The van der Waals surface area contributed by atoms with Crippen molar-refractivity contribution in [2.24, 2.45) is 11.3 Å². The first-order chi connectivity index (χ1) is 16.7. The maximum Gasteiger partial charge on any atom is 0.226 e. The number of hydrogen-bond acceptors (Lipinski definition) is 4. The lowest BCUT2D eigenvalue weighted by Gasteiger charge is -2.49. The highest BCUT2D eigenvalue weighted by atomic mass is 35.5. The summed E-state index contributed by atoms with van der Waals surface area (Å²) in [5.74, 6) is 0.843. The molecular weight excluding hydrogens is 456 g/mol. The molecule has 0 bridgehead atoms. The molecule has 35 heavy (non-hydrogen) atoms. The molecule has 0 radical (unpaired) electrons. The molecular formula is C29H47ClN4O. The van der Waals surface area contributed by atoms with Crippen LogP contribution in [-0.2, 0) is 4.79 Å². The Morgan fingerprint density at radius 2 is 1.60 bits per heavy atom. The number of halogens is 1. The number of nitrogens with one attached hydrogen (secondary N) is 1. The van der Waals surface area contributed by atoms with Gasteiger partial charge in [0.05, 0.1) is 5.41 Å². The van der Waals surface area contributed by atoms with Gasteiger partial charge in [-0.15, -0.1) is 0 Å². The van der Waals surface area contributed by atoms with Crippen molar-refractivity contribution >= 4 is 17.5 Å². The molecule has 2 heterocycles. The number of nitrogens with zero attached hydrogens (tertiary/aromatic N) is 3. The van der Waals surface area contributed by atoms with Gasteiger partial charge in [0.25, 0.3) is 0 Å². The molecule has 1 saturated carbocycles. The highest BCUT2D eigenvalue weighted by molar-refractivity contribution is 6.30. The molecule has 0 aromatic heterocycles. The molecule has 2 aliphatic heterocycles. The van der Waals surface area contributed by atoms with Crippen molar-refractivity contribution in [1.29, 1.82) is 0 Å². The number of amides is 1. The van der Waals surface area contributed by atoms with Crippen LogP contribution in [0.25, 0.3) is 0 Å². The van der Waals surface area contributed by atoms with E-state index in [0.29, 0.717) is 17.9 Å². The number of hydrogen-bond donors (Lipinski definition) is 1. The van der Waals surface area contributed by atoms with E-state index in [0.717, 1.165) is 63.7 Å². The molecule has 1 amide bonds. The van der Waals surface area contributed by atoms with Crippen LogP contribution >= 0.6 is 11.6 Å². The number of carbonyl (C=O) groups is 1. The standard InChI is InChI=1S/C29H47ClN4O/c1-28(2,3)31-27(35)29(24-8-6-5-7-9-24)14-16-33(17-15-29)22-26(23-10-12-25(30)13-11-23)34-20-18-32(4)19-21-34/h10-13,24,26H,5-9,14-22H2,1-4H3,(H,31,35). The monoisotopic (exact) mass is 502 g/mol. The van der Waals surface area contributed by atoms with Gasteiger partial charge in [-0.1, -0.05) is 43.0 Å². The second-order valence-corrected chi connectivity index (χ2v) is 12.8. The molecule has 1 aromatic carbocycles. The maximum absolute atomic E-state index is 13.7. The molecule has 196 valence electrons. The van der Waals surface area contributed by atoms with Crippen LogP contribution in [-0.4, -0.2) is 79.0 Å². The summed E-state index contributed by atoms with van der Waals surface area (Å²) in [6.45, 7) is 13.8. The van der Waals surface area contributed by atoms with Gasteiger partial charge in [-0.25, -0.2) is 0 Å². The van der Waals surface area contributed by atoms with E-state index in [-0.39, 0.29) is 11.0 Å². The van der Waals surface area contributed by atoms with Gasteiger partial charge in [-0.2, -0.15) is 0 Å². The van der Waals surface area contributed by atoms with E-state index in [1.807, 2.05) is 12.1 Å². The summed E-state index contributed by atoms with van der Waals surface area (Å²) in [4.78, 5) is 21.4. The van der Waals surface area contributed by atoms with Crippen LogP contribution in [0.2, 0.25) is 5.02 Å². The molecule has 1 unspecified atom stereocenters. The summed E-state index contributed by atoms with van der Waals surface area (Å²) < 4.78 is 0. The van der Waals surface area contributed by atoms with E-state index in [2.05, 4.69) is 60.0 Å². The zero-order chi connectivity index (χ0) is 25.1. The molecule has 5 nitrogen and oxygen atoms in total. The Bertz CT molecular complexity index is 814. The van der Waals surface area contributed by atoms with Gasteiger partial charge in [0, 0.05) is 49.3 Å². The summed E-state index contributed by atoms with van der Waals surface area (Å²) in [6, 6.07) is 8.84. The zero-order valence-electron chi connectivity index (χ0n) is 22.5. The van der Waals surface area contributed by atoms with Crippen molar-refractivity contribution < 1.29 is 4.79 Å². The van der Waals surface area contributed by atoms with Crippen molar-refractivity contribution in [1.82, 2.24) is 20.0 Å². The lowest BCUT2D eigenvalue weighted by atomic mass is 9.63. The van der Waals surface area contributed by atoms with Crippen LogP contribution in [0.15, 0.2) is 24.3 Å². The third kappa shape index (κ3) is 6.80. The Balaban J connectivity index is 1.48. The second kappa shape index (κ2) is 11.5. The molecule has 0 spiro atoms. The second-order valence-electron chi connectivity index (χ2n) is 12.4. The first-order valence-electron chi connectivity index (χ1n) is 13.9. The topological polar surface area (TPSA) is 38.8 Å². The minimum atomic E-state index is -0.201. The molecule has 1 aliphatic carbocycles. The summed E-state index contributed by atoms with van der Waals surface area (Å²) in [5, 5.41) is 4.18. The fourth-order valence-electron chi connectivity index (χ4n) is 6.57. The Labute approximate surface area is 218 Å². The quantitative estimate of drug-likeness (QED) is 0.579. The Hall–Kier alpha value is -1.14. The number of rotatable bonds is 6. The van der Waals surface area contributed by atoms with E-state index in [1.54, 1.807) is 0 Å². The van der Waals surface area contributed by atoms with Crippen LogP contribution in [0, 0.1) is 11.3 Å². The first-order valence-corrected chi connectivity index (χ1v) is 14.3. The van der Waals surface area contributed by atoms with E-state index in [4.69, 9.17) is 11.6 Å². The van der Waals surface area contributed by atoms with Crippen molar-refractivity contribution in [3.8, 4) is 0 Å². The number of likely N-dealkylation sites (N-methyl/N-ethyl adjacent to an activating group) is 1. The minimum absolute atomic E-state index is 0.184. The molecule has 4 rings (SSSR count). The van der Waals surface area contributed by atoms with Crippen LogP contribution in [0.1, 0.15) is 77.3 Å². The predicted octanol–water partition coefficient (Wildman–Crippen LogP) is 5.21. The van der Waals surface area contributed by atoms with Gasteiger partial charge in [-0.3, -0.25) is 9.69 Å². The molecule has 1 atom stereocenters. The van der Waals surface area contributed by atoms with Crippen molar-refractivity contribution in [3.63, 3.8) is 0 Å². The smallest absolute Gasteiger partial charge is 0.226 e. The normalized spacial score (nSPS) is 24.3. The average Bonchev–Trinajstić information content (AvgIpc) is 2.84. The lowest BCUT2D eigenvalue weighted by Crippen LogP contribution is -2.57. The third-order valence-corrected chi connectivity index (χ3v) is 8.99. The predicted molar refractivity (Wildman–Crippen MR) is 146 cm³/mol. The average molecular weight is 503 g/mol. The third-order valence-electron chi connectivity index (χ3n) is 8.74. The Kier molecular flexibility index (Phi) is 8.84. The van der Waals surface area contributed by atoms with Crippen molar-refractivity contribution in [3.05, 3.63) is 34.9 Å². The molecule has 1 aromatic rings. The summed E-state index contributed by atoms with van der Waals surface area (Å²) in [6.07, 6.45) is 8.28. The number of piperidine rings is 1. The maximum atomic E-state index is 13.7. The van der Waals surface area contributed by atoms with Gasteiger partial charge in [0.15, 0.2) is 0 Å². The van der Waals surface area contributed by atoms with Crippen LogP contribution in [0.4, 0.5) is 0 Å². The summed E-state index contributed by atoms with van der Waals surface area (Å²) in [7, 11) is 2.22. The van der Waals surface area contributed by atoms with Gasteiger partial charge in [-0.05, 0) is 90.2 Å². The van der Waals surface area contributed by atoms with Crippen molar-refractivity contribution in [2.45, 2.75) is 77.3 Å². The van der Waals surface area contributed by atoms with E-state index in [1.165, 1.54) is 37.7 Å². The van der Waals surface area contributed by atoms with Gasteiger partial charge in [0.1, 0.15) is 0 Å². The highest BCUT2D eigenvalue weighted by Gasteiger charge is 2.48. The number of carbonyl (C=O) groups excluding carboxylic acids is 1. The first kappa shape index (κ1) is 26.9. The van der Waals surface area contributed by atoms with E-state index >= 15 is 0 Å². The van der Waals surface area contributed by atoms with Gasteiger partial charge < -0.3 is 15.1 Å². The van der Waals surface area contributed by atoms with Crippen LogP contribution < -0.4 is 5.32 Å². The fraction of sp³-hybridized carbons (Fsp3) is 0.759. The summed E-state index contributed by atoms with van der Waals surface area (Å²) >= 11 is 6.23. The van der Waals surface area contributed by atoms with Crippen LogP contribution in [0.3, 0.4) is 0 Å². The molecule has 6 heteroatoms. The molecule has 3 fully saturated rings. The van der Waals surface area contributed by atoms with Crippen LogP contribution in [0.5, 0.6) is 0 Å². The Morgan fingerprint density at radius 1 is 1.00 bits per heavy atom. The zero-order valence-corrected chi connectivity index (χ0v) is 23.2. The number of likely N-dealkylation sites (tertiary alicyclic amines) is 1. The summed E-state index contributed by atoms with van der Waals surface area (Å²) in [5.41, 5.74) is 0.971.